The second-order valence-electron chi connectivity index (χ2n) is 8.46. The first-order valence-corrected chi connectivity index (χ1v) is 11.7. The average Bonchev–Trinajstić information content (AvgIpc) is 3.30. The van der Waals surface area contributed by atoms with Crippen LogP contribution in [-0.2, 0) is 0 Å². The van der Waals surface area contributed by atoms with Crippen molar-refractivity contribution in [3.05, 3.63) is 133 Å². The van der Waals surface area contributed by atoms with E-state index in [0.29, 0.717) is 0 Å². The van der Waals surface area contributed by atoms with Gasteiger partial charge in [-0.25, -0.2) is 9.97 Å². The molecular weight excluding hydrogens is 428 g/mol. The zero-order valence-corrected chi connectivity index (χ0v) is 19.4. The molecule has 4 aromatic carbocycles. The van der Waals surface area contributed by atoms with Crippen LogP contribution >= 0.6 is 0 Å². The average molecular weight is 453 g/mol. The SMILES string of the molecule is Cc1ccccc1-n1c(-c2ccc(N(c3ccccc3)c3ccccc3)cc2)nc2cccnc21. The summed E-state index contributed by atoms with van der Waals surface area (Å²) in [6.07, 6.45) is 1.82. The van der Waals surface area contributed by atoms with Gasteiger partial charge < -0.3 is 4.90 Å². The lowest BCUT2D eigenvalue weighted by molar-refractivity contribution is 1.06. The van der Waals surface area contributed by atoms with E-state index in [0.717, 1.165) is 45.3 Å². The first-order valence-electron chi connectivity index (χ1n) is 11.7. The van der Waals surface area contributed by atoms with Crippen LogP contribution in [0.2, 0.25) is 0 Å². The molecule has 0 amide bonds. The fourth-order valence-corrected chi connectivity index (χ4v) is 4.51. The fraction of sp³-hybridized carbons (Fsp3) is 0.0323. The van der Waals surface area contributed by atoms with Crippen LogP contribution in [0.1, 0.15) is 5.56 Å². The molecule has 0 aliphatic heterocycles. The first kappa shape index (κ1) is 20.9. The van der Waals surface area contributed by atoms with Gasteiger partial charge in [-0.1, -0.05) is 54.6 Å². The summed E-state index contributed by atoms with van der Waals surface area (Å²) in [5.74, 6) is 0.880. The molecule has 4 nitrogen and oxygen atoms in total. The number of hydrogen-bond acceptors (Lipinski definition) is 3. The van der Waals surface area contributed by atoms with Crippen LogP contribution in [-0.4, -0.2) is 14.5 Å². The topological polar surface area (TPSA) is 34.0 Å². The molecule has 35 heavy (non-hydrogen) atoms. The Balaban J connectivity index is 1.48. The van der Waals surface area contributed by atoms with Crippen LogP contribution in [0, 0.1) is 6.92 Å². The van der Waals surface area contributed by atoms with Crippen molar-refractivity contribution in [1.29, 1.82) is 0 Å². The van der Waals surface area contributed by atoms with Gasteiger partial charge in [-0.2, -0.15) is 0 Å². The van der Waals surface area contributed by atoms with Gasteiger partial charge in [0.25, 0.3) is 0 Å². The van der Waals surface area contributed by atoms with E-state index in [4.69, 9.17) is 4.98 Å². The summed E-state index contributed by atoms with van der Waals surface area (Å²) in [7, 11) is 0. The minimum atomic E-state index is 0.857. The number of imidazole rings is 1. The van der Waals surface area contributed by atoms with Crippen molar-refractivity contribution in [2.24, 2.45) is 0 Å². The third kappa shape index (κ3) is 3.85. The van der Waals surface area contributed by atoms with Crippen molar-refractivity contribution in [2.75, 3.05) is 4.90 Å². The lowest BCUT2D eigenvalue weighted by atomic mass is 10.1. The normalized spacial score (nSPS) is 11.0. The molecule has 0 fully saturated rings. The second kappa shape index (κ2) is 8.92. The smallest absolute Gasteiger partial charge is 0.164 e. The minimum absolute atomic E-state index is 0.857. The maximum Gasteiger partial charge on any atom is 0.164 e. The molecule has 0 unspecified atom stereocenters. The molecule has 2 aromatic heterocycles. The highest BCUT2D eigenvalue weighted by Gasteiger charge is 2.17. The number of aromatic nitrogens is 3. The predicted molar refractivity (Wildman–Crippen MR) is 144 cm³/mol. The Bertz CT molecular complexity index is 1550. The first-order chi connectivity index (χ1) is 17.3. The molecule has 6 aromatic rings. The zero-order chi connectivity index (χ0) is 23.6. The number of pyridine rings is 1. The van der Waals surface area contributed by atoms with Gasteiger partial charge in [0.1, 0.15) is 11.3 Å². The van der Waals surface area contributed by atoms with Crippen LogP contribution in [0.25, 0.3) is 28.2 Å². The van der Waals surface area contributed by atoms with Crippen molar-refractivity contribution < 1.29 is 0 Å². The van der Waals surface area contributed by atoms with Gasteiger partial charge in [0.2, 0.25) is 0 Å². The lowest BCUT2D eigenvalue weighted by Crippen LogP contribution is -2.09. The van der Waals surface area contributed by atoms with E-state index in [1.54, 1.807) is 0 Å². The highest BCUT2D eigenvalue weighted by Crippen LogP contribution is 2.36. The quantitative estimate of drug-likeness (QED) is 0.267. The number of para-hydroxylation sites is 3. The van der Waals surface area contributed by atoms with Gasteiger partial charge in [-0.3, -0.25) is 4.57 Å². The Morgan fingerprint density at radius 1 is 0.600 bits per heavy atom. The Kier molecular flexibility index (Phi) is 5.32. The summed E-state index contributed by atoms with van der Waals surface area (Å²) in [4.78, 5) is 11.9. The summed E-state index contributed by atoms with van der Waals surface area (Å²) in [5.41, 5.74) is 8.35. The van der Waals surface area contributed by atoms with E-state index >= 15 is 0 Å². The van der Waals surface area contributed by atoms with Crippen LogP contribution in [0.4, 0.5) is 17.1 Å². The number of aryl methyl sites for hydroxylation is 1. The van der Waals surface area contributed by atoms with Crippen molar-refractivity contribution >= 4 is 28.2 Å². The van der Waals surface area contributed by atoms with Gasteiger partial charge in [0.05, 0.1) is 5.69 Å². The Morgan fingerprint density at radius 3 is 1.86 bits per heavy atom. The Hall–Kier alpha value is -4.70. The molecule has 0 atom stereocenters. The van der Waals surface area contributed by atoms with E-state index in [9.17, 15) is 0 Å². The maximum atomic E-state index is 4.98. The molecule has 0 aliphatic rings. The Labute approximate surface area is 204 Å². The van der Waals surface area contributed by atoms with Crippen LogP contribution in [0.5, 0.6) is 0 Å². The van der Waals surface area contributed by atoms with Crippen LogP contribution in [0.15, 0.2) is 128 Å². The van der Waals surface area contributed by atoms with Crippen LogP contribution in [0.3, 0.4) is 0 Å². The van der Waals surface area contributed by atoms with E-state index < -0.39 is 0 Å². The molecule has 0 bridgehead atoms. The summed E-state index contributed by atoms with van der Waals surface area (Å²) in [5, 5.41) is 0. The molecule has 0 aliphatic carbocycles. The monoisotopic (exact) mass is 452 g/mol. The summed E-state index contributed by atoms with van der Waals surface area (Å²) in [6, 6.07) is 41.8. The highest BCUT2D eigenvalue weighted by molar-refractivity contribution is 5.82. The summed E-state index contributed by atoms with van der Waals surface area (Å²) < 4.78 is 2.16. The zero-order valence-electron chi connectivity index (χ0n) is 19.4. The molecule has 2 heterocycles. The van der Waals surface area contributed by atoms with Crippen molar-refractivity contribution in [1.82, 2.24) is 14.5 Å². The van der Waals surface area contributed by atoms with Gasteiger partial charge in [-0.15, -0.1) is 0 Å². The van der Waals surface area contributed by atoms with E-state index in [-0.39, 0.29) is 0 Å². The van der Waals surface area contributed by atoms with Gasteiger partial charge in [0, 0.05) is 28.8 Å². The number of anilines is 3. The molecule has 0 N–H and O–H groups in total. The van der Waals surface area contributed by atoms with Gasteiger partial charge in [0.15, 0.2) is 5.65 Å². The summed E-state index contributed by atoms with van der Waals surface area (Å²) >= 11 is 0. The molecule has 0 spiro atoms. The number of fused-ring (bicyclic) bond motifs is 1. The lowest BCUT2D eigenvalue weighted by Gasteiger charge is -2.25. The number of benzene rings is 4. The van der Waals surface area contributed by atoms with Crippen LogP contribution < -0.4 is 4.90 Å². The van der Waals surface area contributed by atoms with Gasteiger partial charge >= 0.3 is 0 Å². The predicted octanol–water partition coefficient (Wildman–Crippen LogP) is 7.87. The fourth-order valence-electron chi connectivity index (χ4n) is 4.51. The maximum absolute atomic E-state index is 4.98. The molecular formula is C31H24N4. The van der Waals surface area contributed by atoms with Crippen molar-refractivity contribution in [3.63, 3.8) is 0 Å². The number of rotatable bonds is 5. The standard InChI is InChI=1S/C31H24N4/c1-23-11-8-9-17-29(23)35-30(33-28-16-10-22-32-31(28)35)24-18-20-27(21-19-24)34(25-12-4-2-5-13-25)26-14-6-3-7-15-26/h2-22H,1H3. The number of nitrogens with zero attached hydrogens (tertiary/aromatic N) is 4. The highest BCUT2D eigenvalue weighted by atomic mass is 15.1. The van der Waals surface area contributed by atoms with Crippen molar-refractivity contribution in [3.8, 4) is 17.1 Å². The largest absolute Gasteiger partial charge is 0.311 e. The van der Waals surface area contributed by atoms with E-state index in [2.05, 4.69) is 118 Å². The Morgan fingerprint density at radius 2 is 1.20 bits per heavy atom. The van der Waals surface area contributed by atoms with E-state index in [1.165, 1.54) is 5.56 Å². The van der Waals surface area contributed by atoms with E-state index in [1.807, 2.05) is 30.5 Å². The molecule has 0 saturated carbocycles. The molecule has 0 saturated heterocycles. The molecule has 0 radical (unpaired) electrons. The number of hydrogen-bond donors (Lipinski definition) is 0. The third-order valence-electron chi connectivity index (χ3n) is 6.18. The molecule has 4 heteroatoms. The third-order valence-corrected chi connectivity index (χ3v) is 6.18. The van der Waals surface area contributed by atoms with Gasteiger partial charge in [-0.05, 0) is 79.2 Å². The van der Waals surface area contributed by atoms with Crippen molar-refractivity contribution in [2.45, 2.75) is 6.92 Å². The second-order valence-corrected chi connectivity index (χ2v) is 8.46. The minimum Gasteiger partial charge on any atom is -0.311 e. The molecule has 6 rings (SSSR count). The summed E-state index contributed by atoms with van der Waals surface area (Å²) in [6.45, 7) is 2.12. The molecule has 168 valence electrons.